The van der Waals surface area contributed by atoms with Crippen LogP contribution in [0.5, 0.6) is 0 Å². The van der Waals surface area contributed by atoms with E-state index in [-0.39, 0.29) is 0 Å². The summed E-state index contributed by atoms with van der Waals surface area (Å²) in [4.78, 5) is 0. The summed E-state index contributed by atoms with van der Waals surface area (Å²) in [6.45, 7) is 3.10. The van der Waals surface area contributed by atoms with E-state index < -0.39 is 0 Å². The Hall–Kier alpha value is -0.640. The summed E-state index contributed by atoms with van der Waals surface area (Å²) in [5.41, 5.74) is 2.65. The Morgan fingerprint density at radius 2 is 1.79 bits per heavy atom. The van der Waals surface area contributed by atoms with Crippen LogP contribution >= 0.6 is 31.9 Å². The third-order valence-electron chi connectivity index (χ3n) is 3.07. The molecule has 0 amide bonds. The van der Waals surface area contributed by atoms with Crippen LogP contribution in [0.4, 0.5) is 0 Å². The maximum Gasteiger partial charge on any atom is 0.0372 e. The average molecular weight is 383 g/mol. The third kappa shape index (κ3) is 4.16. The van der Waals surface area contributed by atoms with E-state index in [0.717, 1.165) is 21.9 Å². The van der Waals surface area contributed by atoms with Crippen molar-refractivity contribution in [3.63, 3.8) is 0 Å². The molecule has 0 saturated heterocycles. The van der Waals surface area contributed by atoms with Gasteiger partial charge in [-0.15, -0.1) is 0 Å². The predicted molar refractivity (Wildman–Crippen MR) is 88.4 cm³/mol. The van der Waals surface area contributed by atoms with Gasteiger partial charge in [-0.2, -0.15) is 0 Å². The van der Waals surface area contributed by atoms with Gasteiger partial charge in [-0.3, -0.25) is 0 Å². The summed E-state index contributed by atoms with van der Waals surface area (Å²) in [6.07, 6.45) is 0.995. The van der Waals surface area contributed by atoms with Crippen LogP contribution in [0.1, 0.15) is 24.1 Å². The second-order valence-electron chi connectivity index (χ2n) is 4.47. The molecule has 0 aliphatic heterocycles. The lowest BCUT2D eigenvalue weighted by molar-refractivity contribution is 0.548. The van der Waals surface area contributed by atoms with Gasteiger partial charge in [0.2, 0.25) is 0 Å². The zero-order valence-corrected chi connectivity index (χ0v) is 14.0. The van der Waals surface area contributed by atoms with E-state index in [1.54, 1.807) is 0 Å². The van der Waals surface area contributed by atoms with Crippen LogP contribution in [0.3, 0.4) is 0 Å². The first-order valence-electron chi connectivity index (χ1n) is 6.43. The summed E-state index contributed by atoms with van der Waals surface area (Å²) in [5, 5.41) is 3.56. The second-order valence-corrected chi connectivity index (χ2v) is 6.24. The minimum Gasteiger partial charge on any atom is -0.310 e. The summed E-state index contributed by atoms with van der Waals surface area (Å²) < 4.78 is 2.24. The Morgan fingerprint density at radius 3 is 2.42 bits per heavy atom. The average Bonchev–Trinajstić information content (AvgIpc) is 2.39. The molecule has 1 unspecified atom stereocenters. The van der Waals surface area contributed by atoms with Gasteiger partial charge in [-0.05, 0) is 36.2 Å². The first kappa shape index (κ1) is 14.8. The molecule has 0 radical (unpaired) electrons. The molecule has 1 nitrogen and oxygen atoms in total. The summed E-state index contributed by atoms with van der Waals surface area (Å²) in [6, 6.07) is 17.3. The molecule has 2 aromatic rings. The lowest BCUT2D eigenvalue weighted by Crippen LogP contribution is -2.23. The fourth-order valence-corrected chi connectivity index (χ4v) is 3.50. The van der Waals surface area contributed by atoms with Crippen molar-refractivity contribution in [3.05, 3.63) is 68.6 Å². The molecule has 0 saturated carbocycles. The fraction of sp³-hybridized carbons (Fsp3) is 0.250. The monoisotopic (exact) mass is 381 g/mol. The van der Waals surface area contributed by atoms with Crippen molar-refractivity contribution in [1.82, 2.24) is 5.32 Å². The maximum atomic E-state index is 3.66. The van der Waals surface area contributed by atoms with Gasteiger partial charge in [-0.25, -0.2) is 0 Å². The number of halogens is 2. The summed E-state index contributed by atoms with van der Waals surface area (Å²) in [7, 11) is 0. The molecular weight excluding hydrogens is 366 g/mol. The van der Waals surface area contributed by atoms with E-state index in [1.807, 2.05) is 0 Å². The Morgan fingerprint density at radius 1 is 1.05 bits per heavy atom. The van der Waals surface area contributed by atoms with Gasteiger partial charge in [0.15, 0.2) is 0 Å². The smallest absolute Gasteiger partial charge is 0.0372 e. The summed E-state index contributed by atoms with van der Waals surface area (Å²) in [5.74, 6) is 0. The standard InChI is InChI=1S/C16H17Br2N/c1-2-19-16(10-12-6-4-3-5-7-12)14-9-8-13(17)11-15(14)18/h3-9,11,16,19H,2,10H2,1H3. The van der Waals surface area contributed by atoms with Crippen molar-refractivity contribution in [2.45, 2.75) is 19.4 Å². The Kier molecular flexibility index (Phi) is 5.61. The predicted octanol–water partition coefficient (Wildman–Crippen LogP) is 5.10. The van der Waals surface area contributed by atoms with Crippen LogP contribution in [0.25, 0.3) is 0 Å². The topological polar surface area (TPSA) is 12.0 Å². The molecule has 2 rings (SSSR count). The lowest BCUT2D eigenvalue weighted by atomic mass is 9.99. The molecule has 0 aromatic heterocycles. The first-order chi connectivity index (χ1) is 9.20. The number of likely N-dealkylation sites (N-methyl/N-ethyl adjacent to an activating group) is 1. The van der Waals surface area contributed by atoms with Crippen LogP contribution in [0, 0.1) is 0 Å². The molecule has 0 aliphatic rings. The van der Waals surface area contributed by atoms with E-state index in [2.05, 4.69) is 92.6 Å². The van der Waals surface area contributed by atoms with Crippen molar-refractivity contribution in [2.75, 3.05) is 6.54 Å². The van der Waals surface area contributed by atoms with Gasteiger partial charge in [0, 0.05) is 15.0 Å². The third-order valence-corrected chi connectivity index (χ3v) is 4.25. The molecule has 0 bridgehead atoms. The zero-order valence-electron chi connectivity index (χ0n) is 10.9. The van der Waals surface area contributed by atoms with Crippen molar-refractivity contribution in [1.29, 1.82) is 0 Å². The van der Waals surface area contributed by atoms with Crippen molar-refractivity contribution >= 4 is 31.9 Å². The van der Waals surface area contributed by atoms with E-state index in [1.165, 1.54) is 11.1 Å². The number of hydrogen-bond acceptors (Lipinski definition) is 1. The fourth-order valence-electron chi connectivity index (χ4n) is 2.17. The molecule has 0 fully saturated rings. The van der Waals surface area contributed by atoms with E-state index >= 15 is 0 Å². The highest BCUT2D eigenvalue weighted by molar-refractivity contribution is 9.11. The molecule has 3 heteroatoms. The lowest BCUT2D eigenvalue weighted by Gasteiger charge is -2.20. The Balaban J connectivity index is 2.24. The normalized spacial score (nSPS) is 12.4. The van der Waals surface area contributed by atoms with E-state index in [0.29, 0.717) is 6.04 Å². The largest absolute Gasteiger partial charge is 0.310 e. The molecule has 0 aliphatic carbocycles. The van der Waals surface area contributed by atoms with Crippen LogP contribution in [0.2, 0.25) is 0 Å². The minimum absolute atomic E-state index is 0.329. The molecule has 100 valence electrons. The molecule has 0 heterocycles. The molecular formula is C16H17Br2N. The van der Waals surface area contributed by atoms with Gasteiger partial charge in [0.05, 0.1) is 0 Å². The Labute approximate surface area is 131 Å². The van der Waals surface area contributed by atoms with Crippen molar-refractivity contribution < 1.29 is 0 Å². The summed E-state index contributed by atoms with van der Waals surface area (Å²) >= 11 is 7.16. The maximum absolute atomic E-state index is 3.66. The molecule has 1 atom stereocenters. The highest BCUT2D eigenvalue weighted by atomic mass is 79.9. The van der Waals surface area contributed by atoms with Crippen LogP contribution in [-0.4, -0.2) is 6.54 Å². The van der Waals surface area contributed by atoms with Gasteiger partial charge in [0.25, 0.3) is 0 Å². The van der Waals surface area contributed by atoms with Gasteiger partial charge in [0.1, 0.15) is 0 Å². The quantitative estimate of drug-likeness (QED) is 0.757. The number of hydrogen-bond donors (Lipinski definition) is 1. The molecule has 2 aromatic carbocycles. The van der Waals surface area contributed by atoms with Crippen molar-refractivity contribution in [2.24, 2.45) is 0 Å². The SMILES string of the molecule is CCNC(Cc1ccccc1)c1ccc(Br)cc1Br. The second kappa shape index (κ2) is 7.22. The Bertz CT molecular complexity index is 526. The molecule has 19 heavy (non-hydrogen) atoms. The van der Waals surface area contributed by atoms with Gasteiger partial charge >= 0.3 is 0 Å². The highest BCUT2D eigenvalue weighted by Crippen LogP contribution is 2.28. The minimum atomic E-state index is 0.329. The van der Waals surface area contributed by atoms with Crippen LogP contribution < -0.4 is 5.32 Å². The van der Waals surface area contributed by atoms with Gasteiger partial charge in [-0.1, -0.05) is 75.2 Å². The zero-order chi connectivity index (χ0) is 13.7. The highest BCUT2D eigenvalue weighted by Gasteiger charge is 2.14. The van der Waals surface area contributed by atoms with E-state index in [9.17, 15) is 0 Å². The molecule has 1 N–H and O–H groups in total. The number of nitrogens with one attached hydrogen (secondary N) is 1. The van der Waals surface area contributed by atoms with Crippen LogP contribution in [-0.2, 0) is 6.42 Å². The first-order valence-corrected chi connectivity index (χ1v) is 8.01. The van der Waals surface area contributed by atoms with E-state index in [4.69, 9.17) is 0 Å². The van der Waals surface area contributed by atoms with Crippen molar-refractivity contribution in [3.8, 4) is 0 Å². The van der Waals surface area contributed by atoms with Gasteiger partial charge < -0.3 is 5.32 Å². The number of rotatable bonds is 5. The molecule has 0 spiro atoms. The van der Waals surface area contributed by atoms with Crippen LogP contribution in [0.15, 0.2) is 57.5 Å². The number of benzene rings is 2.